The summed E-state index contributed by atoms with van der Waals surface area (Å²) in [4.78, 5) is 4.96. The average molecular weight is 726 g/mol. The second-order valence-corrected chi connectivity index (χ2v) is 13.0. The molecule has 0 amide bonds. The van der Waals surface area contributed by atoms with E-state index in [1.165, 1.54) is 30.3 Å². The first kappa shape index (κ1) is 35.2. The number of nitrogens with zero attached hydrogens (tertiary/aromatic N) is 4. The molecule has 4 aromatic rings. The topological polar surface area (TPSA) is 258 Å². The summed E-state index contributed by atoms with van der Waals surface area (Å²) in [5, 5.41) is 44.3. The molecule has 0 unspecified atom stereocenters. The summed E-state index contributed by atoms with van der Waals surface area (Å²) in [6, 6.07) is 8.92. The van der Waals surface area contributed by atoms with Gasteiger partial charge in [-0.15, -0.1) is 13.8 Å². The van der Waals surface area contributed by atoms with Crippen LogP contribution < -0.4 is 5.32 Å². The molecule has 0 fully saturated rings. The van der Waals surface area contributed by atoms with E-state index >= 15 is 0 Å². The summed E-state index contributed by atoms with van der Waals surface area (Å²) in [6.45, 7) is -0.312. The number of sulfone groups is 1. The normalized spacial score (nSPS) is 12.3. The Hall–Kier alpha value is -3.66. The van der Waals surface area contributed by atoms with Crippen LogP contribution >= 0.6 is 24.4 Å². The van der Waals surface area contributed by atoms with E-state index in [2.05, 4.69) is 44.3 Å². The number of phenols is 1. The van der Waals surface area contributed by atoms with Gasteiger partial charge in [0.05, 0.1) is 45.6 Å². The molecule has 5 N–H and O–H groups in total. The number of phenolic OH excluding ortho intramolecular Hbond substituents is 1. The van der Waals surface area contributed by atoms with E-state index in [-0.39, 0.29) is 62.9 Å². The van der Waals surface area contributed by atoms with Gasteiger partial charge in [0.1, 0.15) is 16.4 Å². The van der Waals surface area contributed by atoms with Crippen molar-refractivity contribution < 1.29 is 68.7 Å². The number of rotatable bonds is 15. The highest BCUT2D eigenvalue weighted by atomic mass is 32.2. The SMILES string of the molecule is O=S(=O)(O)c1c(Nc2cc(F)nc(F)n2)ccc2c(O)c(N=Nc3ccc(S(=O)(=O)CCOSOOO)cc3)c(SOOO)cc12. The smallest absolute Gasteiger partial charge is 0.313 e. The lowest BCUT2D eigenvalue weighted by Gasteiger charge is -2.15. The number of azo groups is 1. The monoisotopic (exact) mass is 725 g/mol. The minimum absolute atomic E-state index is 0.0940. The Morgan fingerprint density at radius 3 is 2.28 bits per heavy atom. The number of hydrogen-bond acceptors (Lipinski definition) is 19. The zero-order valence-electron chi connectivity index (χ0n) is 22.2. The highest BCUT2D eigenvalue weighted by molar-refractivity contribution is 7.94. The van der Waals surface area contributed by atoms with Crippen molar-refractivity contribution in [3.05, 3.63) is 60.6 Å². The minimum atomic E-state index is -5.12. The van der Waals surface area contributed by atoms with E-state index in [9.17, 15) is 35.3 Å². The fourth-order valence-electron chi connectivity index (χ4n) is 3.73. The van der Waals surface area contributed by atoms with Crippen molar-refractivity contribution in [2.24, 2.45) is 10.2 Å². The average Bonchev–Trinajstić information content (AvgIpc) is 2.98. The van der Waals surface area contributed by atoms with Crippen LogP contribution in [-0.2, 0) is 42.9 Å². The lowest BCUT2D eigenvalue weighted by atomic mass is 10.1. The van der Waals surface area contributed by atoms with E-state index in [1.807, 2.05) is 0 Å². The van der Waals surface area contributed by atoms with Crippen LogP contribution in [0.4, 0.5) is 31.7 Å². The molecule has 0 aliphatic rings. The Balaban J connectivity index is 1.71. The lowest BCUT2D eigenvalue weighted by molar-refractivity contribution is -0.434. The molecule has 0 saturated heterocycles. The van der Waals surface area contributed by atoms with Crippen LogP contribution in [0.25, 0.3) is 10.8 Å². The third-order valence-corrected chi connectivity index (χ3v) is 9.18. The summed E-state index contributed by atoms with van der Waals surface area (Å²) in [7, 11) is -8.93. The van der Waals surface area contributed by atoms with Crippen LogP contribution in [0, 0.1) is 12.0 Å². The molecular formula is C22H17F2N5O13S4. The standard InChI is InChI=1S/C22H17F2N5O13S4/c23-17-10-18(27-22(24)26-17)25-15-6-5-13-14(21(15)46(35,36)37)9-16(43-41-39-31)19(20(13)30)29-28-11-1-3-12(4-2-11)45(33,34)8-7-38-44-42-40-32/h1-6,9-10,30-32H,7-8H2,(H,25,26,27)(H,35,36,37). The maximum absolute atomic E-state index is 13.6. The molecule has 0 bridgehead atoms. The Kier molecular flexibility index (Phi) is 11.7. The fourth-order valence-corrected chi connectivity index (χ4v) is 6.47. The third kappa shape index (κ3) is 8.78. The minimum Gasteiger partial charge on any atom is -0.505 e. The molecule has 3 aromatic carbocycles. The number of anilines is 2. The quantitative estimate of drug-likeness (QED) is 0.0154. The van der Waals surface area contributed by atoms with Crippen LogP contribution in [0.1, 0.15) is 0 Å². The molecule has 0 spiro atoms. The van der Waals surface area contributed by atoms with Gasteiger partial charge in [0.15, 0.2) is 27.9 Å². The van der Waals surface area contributed by atoms with E-state index in [0.717, 1.165) is 12.1 Å². The zero-order chi connectivity index (χ0) is 33.5. The number of nitrogens with one attached hydrogen (secondary N) is 1. The summed E-state index contributed by atoms with van der Waals surface area (Å²) in [5.74, 6) is -2.94. The van der Waals surface area contributed by atoms with Gasteiger partial charge in [-0.1, -0.05) is 10.1 Å². The molecule has 0 atom stereocenters. The van der Waals surface area contributed by atoms with E-state index in [4.69, 9.17) is 14.7 Å². The number of aromatic nitrogens is 2. The molecule has 18 nitrogen and oxygen atoms in total. The number of benzene rings is 3. The second kappa shape index (κ2) is 15.3. The number of aromatic hydroxyl groups is 1. The Morgan fingerprint density at radius 1 is 0.913 bits per heavy atom. The molecule has 1 heterocycles. The van der Waals surface area contributed by atoms with E-state index in [0.29, 0.717) is 6.07 Å². The number of fused-ring (bicyclic) bond motifs is 1. The molecule has 24 heteroatoms. The summed E-state index contributed by atoms with van der Waals surface area (Å²) < 4.78 is 100. The Bertz CT molecular complexity index is 1950. The van der Waals surface area contributed by atoms with Crippen LogP contribution in [0.2, 0.25) is 0 Å². The van der Waals surface area contributed by atoms with Gasteiger partial charge in [0, 0.05) is 16.8 Å². The van der Waals surface area contributed by atoms with Crippen LogP contribution in [0.3, 0.4) is 0 Å². The molecular weight excluding hydrogens is 709 g/mol. The molecule has 0 saturated carbocycles. The zero-order valence-corrected chi connectivity index (χ0v) is 25.4. The number of halogens is 2. The van der Waals surface area contributed by atoms with Gasteiger partial charge >= 0.3 is 6.08 Å². The van der Waals surface area contributed by atoms with Gasteiger partial charge in [-0.2, -0.15) is 32.3 Å². The summed E-state index contributed by atoms with van der Waals surface area (Å²) in [6.07, 6.45) is -1.47. The van der Waals surface area contributed by atoms with Gasteiger partial charge < -0.3 is 10.4 Å². The highest BCUT2D eigenvalue weighted by Gasteiger charge is 2.25. The first-order valence-corrected chi connectivity index (χ1v) is 16.3. The third-order valence-electron chi connectivity index (χ3n) is 5.53. The van der Waals surface area contributed by atoms with Crippen molar-refractivity contribution in [3.63, 3.8) is 0 Å². The fraction of sp³-hybridized carbons (Fsp3) is 0.0909. The van der Waals surface area contributed by atoms with Gasteiger partial charge in [-0.25, -0.2) is 18.9 Å². The second-order valence-electron chi connectivity index (χ2n) is 8.33. The van der Waals surface area contributed by atoms with Crippen LogP contribution in [0.15, 0.2) is 73.4 Å². The molecule has 1 aromatic heterocycles. The van der Waals surface area contributed by atoms with Gasteiger partial charge in [-0.3, -0.25) is 8.74 Å². The predicted octanol–water partition coefficient (Wildman–Crippen LogP) is 5.22. The highest BCUT2D eigenvalue weighted by Crippen LogP contribution is 2.47. The van der Waals surface area contributed by atoms with E-state index < -0.39 is 59.9 Å². The van der Waals surface area contributed by atoms with Crippen molar-refractivity contribution in [3.8, 4) is 5.75 Å². The van der Waals surface area contributed by atoms with Gasteiger partial charge in [0.2, 0.25) is 5.95 Å². The largest absolute Gasteiger partial charge is 0.505 e. The van der Waals surface area contributed by atoms with E-state index in [1.54, 1.807) is 0 Å². The first-order chi connectivity index (χ1) is 21.8. The van der Waals surface area contributed by atoms with Gasteiger partial charge in [-0.05, 0) is 42.5 Å². The molecule has 4 rings (SSSR count). The molecule has 0 aliphatic carbocycles. The maximum Gasteiger partial charge on any atom is 0.313 e. The predicted molar refractivity (Wildman–Crippen MR) is 152 cm³/mol. The van der Waals surface area contributed by atoms with Crippen molar-refractivity contribution in [2.45, 2.75) is 14.7 Å². The van der Waals surface area contributed by atoms with Crippen molar-refractivity contribution in [2.75, 3.05) is 17.7 Å². The Labute approximate surface area is 265 Å². The molecule has 0 aliphatic heterocycles. The van der Waals surface area contributed by atoms with Crippen LogP contribution in [0.5, 0.6) is 5.75 Å². The summed E-state index contributed by atoms with van der Waals surface area (Å²) in [5.41, 5.74) is -0.669. The lowest BCUT2D eigenvalue weighted by Crippen LogP contribution is -2.10. The molecule has 0 radical (unpaired) electrons. The summed E-state index contributed by atoms with van der Waals surface area (Å²) >= 11 is 0.452. The van der Waals surface area contributed by atoms with Gasteiger partial charge in [0.25, 0.3) is 10.1 Å². The van der Waals surface area contributed by atoms with Crippen molar-refractivity contribution >= 4 is 78.0 Å². The molecule has 46 heavy (non-hydrogen) atoms. The van der Waals surface area contributed by atoms with Crippen molar-refractivity contribution in [1.29, 1.82) is 0 Å². The Morgan fingerprint density at radius 2 is 1.63 bits per heavy atom. The van der Waals surface area contributed by atoms with Crippen LogP contribution in [-0.4, -0.2) is 59.3 Å². The van der Waals surface area contributed by atoms with Crippen molar-refractivity contribution in [1.82, 2.24) is 9.97 Å². The number of hydrogen-bond donors (Lipinski definition) is 5. The first-order valence-electron chi connectivity index (χ1n) is 11.8. The molecule has 246 valence electrons. The maximum atomic E-state index is 13.6.